The first-order valence-electron chi connectivity index (χ1n) is 12.7. The number of aromatic nitrogens is 3. The van der Waals surface area contributed by atoms with E-state index in [2.05, 4.69) is 21.7 Å². The van der Waals surface area contributed by atoms with E-state index in [0.29, 0.717) is 43.2 Å². The minimum atomic E-state index is -0.230. The zero-order valence-electron chi connectivity index (χ0n) is 21.5. The number of amides is 1. The molecule has 3 aromatic carbocycles. The lowest BCUT2D eigenvalue weighted by atomic mass is 10.1. The third-order valence-corrected chi connectivity index (χ3v) is 7.70. The molecule has 1 aliphatic rings. The topological polar surface area (TPSA) is 63.5 Å². The number of thioether (sulfide) groups is 1. The van der Waals surface area contributed by atoms with Crippen molar-refractivity contribution in [2.45, 2.75) is 24.4 Å². The molecule has 4 aromatic rings. The maximum absolute atomic E-state index is 14.2. The third kappa shape index (κ3) is 5.52. The summed E-state index contributed by atoms with van der Waals surface area (Å²) in [7, 11) is 1.65. The normalized spacial score (nSPS) is 13.6. The van der Waals surface area contributed by atoms with Crippen LogP contribution in [-0.4, -0.2) is 58.9 Å². The van der Waals surface area contributed by atoms with Crippen LogP contribution in [0.2, 0.25) is 0 Å². The summed E-state index contributed by atoms with van der Waals surface area (Å²) in [4.78, 5) is 17.1. The van der Waals surface area contributed by atoms with Gasteiger partial charge in [0, 0.05) is 49.6 Å². The molecule has 0 atom stereocenters. The SMILES string of the molecule is CCn1c(SCc2cccc(C(=O)N3CCN(c4ccccc4F)CC3)c2)nnc1-c1cccc(OC)c1. The highest BCUT2D eigenvalue weighted by Crippen LogP contribution is 2.28. The first kappa shape index (κ1) is 25.8. The number of halogens is 1. The summed E-state index contributed by atoms with van der Waals surface area (Å²) in [5.74, 6) is 2.01. The predicted octanol–water partition coefficient (Wildman–Crippen LogP) is 5.37. The van der Waals surface area contributed by atoms with E-state index in [4.69, 9.17) is 4.74 Å². The Bertz CT molecular complexity index is 1420. The molecule has 0 aliphatic carbocycles. The molecular weight excluding hydrogens is 501 g/mol. The Labute approximate surface area is 226 Å². The van der Waals surface area contributed by atoms with Crippen molar-refractivity contribution in [1.29, 1.82) is 0 Å². The summed E-state index contributed by atoms with van der Waals surface area (Å²) in [6.07, 6.45) is 0. The number of anilines is 1. The first-order chi connectivity index (χ1) is 18.6. The van der Waals surface area contributed by atoms with Gasteiger partial charge in [0.15, 0.2) is 11.0 Å². The second kappa shape index (κ2) is 11.7. The van der Waals surface area contributed by atoms with Crippen molar-refractivity contribution < 1.29 is 13.9 Å². The molecule has 1 fully saturated rings. The number of para-hydroxylation sites is 1. The number of benzene rings is 3. The molecule has 1 aliphatic heterocycles. The molecule has 38 heavy (non-hydrogen) atoms. The van der Waals surface area contributed by atoms with E-state index < -0.39 is 0 Å². The lowest BCUT2D eigenvalue weighted by Crippen LogP contribution is -2.49. The quantitative estimate of drug-likeness (QED) is 0.285. The number of rotatable bonds is 8. The number of piperazine rings is 1. The van der Waals surface area contributed by atoms with E-state index in [1.165, 1.54) is 6.07 Å². The van der Waals surface area contributed by atoms with Gasteiger partial charge in [-0.3, -0.25) is 4.79 Å². The van der Waals surface area contributed by atoms with Gasteiger partial charge in [0.1, 0.15) is 11.6 Å². The smallest absolute Gasteiger partial charge is 0.253 e. The molecular formula is C29H30FN5O2S. The molecule has 0 unspecified atom stereocenters. The van der Waals surface area contributed by atoms with Crippen molar-refractivity contribution in [3.8, 4) is 17.1 Å². The maximum atomic E-state index is 14.2. The number of carbonyl (C=O) groups excluding carboxylic acids is 1. The lowest BCUT2D eigenvalue weighted by molar-refractivity contribution is 0.0746. The van der Waals surface area contributed by atoms with Gasteiger partial charge in [-0.1, -0.05) is 48.2 Å². The van der Waals surface area contributed by atoms with Gasteiger partial charge in [-0.25, -0.2) is 4.39 Å². The van der Waals surface area contributed by atoms with Crippen LogP contribution < -0.4 is 9.64 Å². The van der Waals surface area contributed by atoms with Gasteiger partial charge < -0.3 is 19.1 Å². The van der Waals surface area contributed by atoms with E-state index in [0.717, 1.165) is 34.4 Å². The molecule has 0 spiro atoms. The fraction of sp³-hybridized carbons (Fsp3) is 0.276. The summed E-state index contributed by atoms with van der Waals surface area (Å²) in [5, 5.41) is 9.69. The van der Waals surface area contributed by atoms with Crippen LogP contribution in [0.15, 0.2) is 78.0 Å². The Morgan fingerprint density at radius 3 is 2.53 bits per heavy atom. The average molecular weight is 532 g/mol. The average Bonchev–Trinajstić information content (AvgIpc) is 3.39. The summed E-state index contributed by atoms with van der Waals surface area (Å²) >= 11 is 1.60. The Kier molecular flexibility index (Phi) is 7.93. The van der Waals surface area contributed by atoms with Gasteiger partial charge in [-0.05, 0) is 48.9 Å². The minimum Gasteiger partial charge on any atom is -0.497 e. The van der Waals surface area contributed by atoms with Crippen molar-refractivity contribution in [2.75, 3.05) is 38.2 Å². The van der Waals surface area contributed by atoms with Crippen LogP contribution in [0.3, 0.4) is 0 Å². The highest BCUT2D eigenvalue weighted by Gasteiger charge is 2.24. The fourth-order valence-electron chi connectivity index (χ4n) is 4.64. The summed E-state index contributed by atoms with van der Waals surface area (Å²) < 4.78 is 21.6. The monoisotopic (exact) mass is 531 g/mol. The Morgan fingerprint density at radius 2 is 1.76 bits per heavy atom. The maximum Gasteiger partial charge on any atom is 0.253 e. The van der Waals surface area contributed by atoms with Crippen molar-refractivity contribution in [1.82, 2.24) is 19.7 Å². The Balaban J connectivity index is 1.23. The van der Waals surface area contributed by atoms with Crippen LogP contribution in [0.4, 0.5) is 10.1 Å². The number of hydrogen-bond acceptors (Lipinski definition) is 6. The van der Waals surface area contributed by atoms with E-state index in [9.17, 15) is 9.18 Å². The lowest BCUT2D eigenvalue weighted by Gasteiger charge is -2.36. The van der Waals surface area contributed by atoms with Crippen molar-refractivity contribution in [3.05, 3.63) is 89.7 Å². The van der Waals surface area contributed by atoms with Crippen LogP contribution in [0.25, 0.3) is 11.4 Å². The number of hydrogen-bond donors (Lipinski definition) is 0. The van der Waals surface area contributed by atoms with E-state index in [1.54, 1.807) is 31.0 Å². The largest absolute Gasteiger partial charge is 0.497 e. The van der Waals surface area contributed by atoms with Gasteiger partial charge in [0.25, 0.3) is 5.91 Å². The number of carbonyl (C=O) groups is 1. The van der Waals surface area contributed by atoms with Crippen LogP contribution >= 0.6 is 11.8 Å². The molecule has 0 radical (unpaired) electrons. The molecule has 0 N–H and O–H groups in total. The van der Waals surface area contributed by atoms with Gasteiger partial charge in [0.2, 0.25) is 0 Å². The van der Waals surface area contributed by atoms with Gasteiger partial charge in [0.05, 0.1) is 12.8 Å². The fourth-order valence-corrected chi connectivity index (χ4v) is 5.58. The summed E-state index contributed by atoms with van der Waals surface area (Å²) in [6.45, 7) is 5.12. The van der Waals surface area contributed by atoms with Gasteiger partial charge in [-0.2, -0.15) is 0 Å². The third-order valence-electron chi connectivity index (χ3n) is 6.66. The summed E-state index contributed by atoms with van der Waals surface area (Å²) in [5.41, 5.74) is 3.25. The van der Waals surface area contributed by atoms with E-state index in [-0.39, 0.29) is 11.7 Å². The minimum absolute atomic E-state index is 0.00192. The predicted molar refractivity (Wildman–Crippen MR) is 148 cm³/mol. The van der Waals surface area contributed by atoms with Gasteiger partial charge >= 0.3 is 0 Å². The zero-order chi connectivity index (χ0) is 26.5. The molecule has 1 amide bonds. The molecule has 1 aromatic heterocycles. The number of methoxy groups -OCH3 is 1. The highest BCUT2D eigenvalue weighted by atomic mass is 32.2. The van der Waals surface area contributed by atoms with Crippen molar-refractivity contribution >= 4 is 23.4 Å². The van der Waals surface area contributed by atoms with Crippen LogP contribution in [0.5, 0.6) is 5.75 Å². The van der Waals surface area contributed by atoms with E-state index in [1.807, 2.05) is 64.4 Å². The standard InChI is InChI=1S/C29H30FN5O2S/c1-3-35-27(22-9-7-11-24(19-22)37-2)31-32-29(35)38-20-21-8-6-10-23(18-21)28(36)34-16-14-33(15-17-34)26-13-5-4-12-25(26)30/h4-13,18-19H,3,14-17,20H2,1-2H3. The molecule has 9 heteroatoms. The van der Waals surface area contributed by atoms with E-state index >= 15 is 0 Å². The molecule has 2 heterocycles. The highest BCUT2D eigenvalue weighted by molar-refractivity contribution is 7.98. The zero-order valence-corrected chi connectivity index (χ0v) is 22.3. The molecule has 196 valence electrons. The Hall–Kier alpha value is -3.85. The van der Waals surface area contributed by atoms with Crippen LogP contribution in [0, 0.1) is 5.82 Å². The van der Waals surface area contributed by atoms with Gasteiger partial charge in [-0.15, -0.1) is 10.2 Å². The van der Waals surface area contributed by atoms with Crippen LogP contribution in [0.1, 0.15) is 22.8 Å². The summed E-state index contributed by atoms with van der Waals surface area (Å²) in [6, 6.07) is 22.3. The second-order valence-electron chi connectivity index (χ2n) is 9.00. The molecule has 1 saturated heterocycles. The molecule has 0 bridgehead atoms. The number of nitrogens with zero attached hydrogens (tertiary/aromatic N) is 5. The number of ether oxygens (including phenoxy) is 1. The second-order valence-corrected chi connectivity index (χ2v) is 9.94. The first-order valence-corrected chi connectivity index (χ1v) is 13.6. The van der Waals surface area contributed by atoms with Crippen molar-refractivity contribution in [2.24, 2.45) is 0 Å². The van der Waals surface area contributed by atoms with Crippen molar-refractivity contribution in [3.63, 3.8) is 0 Å². The Morgan fingerprint density at radius 1 is 0.974 bits per heavy atom. The molecule has 5 rings (SSSR count). The van der Waals surface area contributed by atoms with Crippen LogP contribution in [-0.2, 0) is 12.3 Å². The molecule has 7 nitrogen and oxygen atoms in total. The molecule has 0 saturated carbocycles.